The summed E-state index contributed by atoms with van der Waals surface area (Å²) in [5.41, 5.74) is 0.977. The number of hydrogen-bond acceptors (Lipinski definition) is 12. The van der Waals surface area contributed by atoms with Crippen LogP contribution in [0, 0.1) is 0 Å². The van der Waals surface area contributed by atoms with Gasteiger partial charge < -0.3 is 39.9 Å². The van der Waals surface area contributed by atoms with Crippen LogP contribution in [0.15, 0.2) is 12.1 Å². The molecule has 18 heteroatoms. The number of tetrazole rings is 1. The van der Waals surface area contributed by atoms with E-state index in [9.17, 15) is 29.7 Å². The van der Waals surface area contributed by atoms with E-state index in [-0.39, 0.29) is 17.1 Å². The van der Waals surface area contributed by atoms with Crippen LogP contribution in [0.3, 0.4) is 0 Å². The zero-order valence-electron chi connectivity index (χ0n) is 20.0. The maximum absolute atomic E-state index is 12.3. The van der Waals surface area contributed by atoms with E-state index in [1.54, 1.807) is 12.1 Å². The molecular weight excluding hydrogens is 547 g/mol. The van der Waals surface area contributed by atoms with Gasteiger partial charge in [0, 0.05) is 6.04 Å². The van der Waals surface area contributed by atoms with Gasteiger partial charge in [0.05, 0.1) is 25.3 Å². The fourth-order valence-electron chi connectivity index (χ4n) is 4.88. The number of anilines is 1. The molecular formula is C20H28ClN8O8P. The van der Waals surface area contributed by atoms with E-state index in [1.807, 2.05) is 0 Å². The van der Waals surface area contributed by atoms with Crippen LogP contribution in [0.4, 0.5) is 5.82 Å². The molecule has 0 amide bonds. The van der Waals surface area contributed by atoms with Crippen molar-refractivity contribution in [3.05, 3.63) is 28.9 Å². The number of nitrogens with zero attached hydrogens (tertiary/aromatic N) is 6. The number of ether oxygens (including phenoxy) is 2. The fraction of sp³-hybridized carbons (Fsp3) is 0.650. The van der Waals surface area contributed by atoms with Crippen LogP contribution in [-0.4, -0.2) is 103 Å². The Balaban J connectivity index is 1.36. The number of aliphatic hydroxyl groups excluding tert-OH is 3. The topological polar surface area (TPSA) is 233 Å². The average molecular weight is 575 g/mol. The zero-order valence-corrected chi connectivity index (χ0v) is 21.6. The lowest BCUT2D eigenvalue weighted by molar-refractivity contribution is -0.100. The Morgan fingerprint density at radius 2 is 2.03 bits per heavy atom. The number of aromatic amines is 1. The summed E-state index contributed by atoms with van der Waals surface area (Å²) in [6.45, 7) is -1.66. The molecule has 1 saturated heterocycles. The SMILES string of the molecule is O=P(O)(O)[C@@](CO)(Cc1nn[nH]n1)OC[C@H]1O[C@@H](c2ccc3c(NC4CCCC4)nc(Cl)nn23)[C@H](O)[C@@H]1O. The van der Waals surface area contributed by atoms with Gasteiger partial charge in [-0.15, -0.1) is 15.3 Å². The van der Waals surface area contributed by atoms with Gasteiger partial charge >= 0.3 is 7.60 Å². The molecule has 5 rings (SSSR count). The summed E-state index contributed by atoms with van der Waals surface area (Å²) in [6.07, 6.45) is -1.52. The molecule has 1 aliphatic carbocycles. The number of nitrogens with one attached hydrogen (secondary N) is 2. The van der Waals surface area contributed by atoms with Gasteiger partial charge in [-0.2, -0.15) is 10.2 Å². The Labute approximate surface area is 220 Å². The molecule has 208 valence electrons. The first-order valence-electron chi connectivity index (χ1n) is 12.0. The van der Waals surface area contributed by atoms with Gasteiger partial charge in [-0.05, 0) is 36.6 Å². The fourth-order valence-corrected chi connectivity index (χ4v) is 5.81. The summed E-state index contributed by atoms with van der Waals surface area (Å²) < 4.78 is 25.1. The number of aliphatic hydroxyl groups is 3. The van der Waals surface area contributed by atoms with Gasteiger partial charge in [-0.3, -0.25) is 4.57 Å². The largest absolute Gasteiger partial charge is 0.393 e. The molecule has 7 N–H and O–H groups in total. The maximum Gasteiger partial charge on any atom is 0.359 e. The highest BCUT2D eigenvalue weighted by Crippen LogP contribution is 2.53. The van der Waals surface area contributed by atoms with Crippen LogP contribution < -0.4 is 5.32 Å². The van der Waals surface area contributed by atoms with Gasteiger partial charge in [-0.1, -0.05) is 18.1 Å². The van der Waals surface area contributed by atoms with Crippen molar-refractivity contribution in [1.29, 1.82) is 0 Å². The van der Waals surface area contributed by atoms with Crippen molar-refractivity contribution in [2.24, 2.45) is 0 Å². The molecule has 16 nitrogen and oxygen atoms in total. The second kappa shape index (κ2) is 10.7. The van der Waals surface area contributed by atoms with Crippen molar-refractivity contribution in [2.45, 2.75) is 67.9 Å². The maximum atomic E-state index is 12.3. The molecule has 3 aromatic rings. The number of aromatic nitrogens is 7. The second-order valence-electron chi connectivity index (χ2n) is 9.45. The minimum Gasteiger partial charge on any atom is -0.393 e. The smallest absolute Gasteiger partial charge is 0.359 e. The Bertz CT molecular complexity index is 1300. The highest BCUT2D eigenvalue weighted by atomic mass is 35.5. The van der Waals surface area contributed by atoms with E-state index in [0.717, 1.165) is 25.7 Å². The van der Waals surface area contributed by atoms with Gasteiger partial charge in [0.25, 0.3) is 0 Å². The number of hydrogen-bond donors (Lipinski definition) is 7. The van der Waals surface area contributed by atoms with Gasteiger partial charge in [-0.25, -0.2) is 4.52 Å². The van der Waals surface area contributed by atoms with E-state index in [0.29, 0.717) is 17.0 Å². The van der Waals surface area contributed by atoms with E-state index >= 15 is 0 Å². The van der Waals surface area contributed by atoms with Crippen LogP contribution in [0.1, 0.15) is 43.3 Å². The molecule has 4 heterocycles. The highest BCUT2D eigenvalue weighted by Gasteiger charge is 2.52. The third kappa shape index (κ3) is 5.15. The van der Waals surface area contributed by atoms with Crippen LogP contribution in [0.5, 0.6) is 0 Å². The summed E-state index contributed by atoms with van der Waals surface area (Å²) in [5.74, 6) is 0.429. The average Bonchev–Trinajstić information content (AvgIpc) is 3.67. The first-order chi connectivity index (χ1) is 18.1. The predicted molar refractivity (Wildman–Crippen MR) is 129 cm³/mol. The van der Waals surface area contributed by atoms with Crippen LogP contribution in [0.2, 0.25) is 5.28 Å². The predicted octanol–water partition coefficient (Wildman–Crippen LogP) is -0.462. The minimum atomic E-state index is -5.10. The summed E-state index contributed by atoms with van der Waals surface area (Å²) in [5, 5.41) is 49.4. The van der Waals surface area contributed by atoms with E-state index in [2.05, 4.69) is 36.0 Å². The molecule has 0 spiro atoms. The molecule has 1 aliphatic heterocycles. The van der Waals surface area contributed by atoms with Gasteiger partial charge in [0.1, 0.15) is 29.9 Å². The lowest BCUT2D eigenvalue weighted by atomic mass is 10.1. The summed E-state index contributed by atoms with van der Waals surface area (Å²) >= 11 is 6.19. The summed E-state index contributed by atoms with van der Waals surface area (Å²) in [7, 11) is -5.10. The normalized spacial score (nSPS) is 26.3. The van der Waals surface area contributed by atoms with Crippen molar-refractivity contribution < 1.29 is 39.1 Å². The van der Waals surface area contributed by atoms with Crippen molar-refractivity contribution in [3.8, 4) is 0 Å². The highest BCUT2D eigenvalue weighted by molar-refractivity contribution is 7.53. The monoisotopic (exact) mass is 574 g/mol. The molecule has 0 aromatic carbocycles. The minimum absolute atomic E-state index is 0.0285. The standard InChI is InChI=1S/C20H28ClN8O8P/c21-19-23-18(22-10-3-1-2-4-10)12-6-5-11(29(12)26-19)17-16(32)15(31)13(37-17)8-36-20(9-30,38(33,34)35)7-14-24-27-28-25-14/h5-6,10,13,15-17,30-32H,1-4,7-9H2,(H,22,23,26)(H2,33,34,35)(H,24,25,27,28)/t13-,15-,16-,17+,20-/m1/s1. The molecule has 0 radical (unpaired) electrons. The number of halogens is 1. The lowest BCUT2D eigenvalue weighted by Gasteiger charge is -2.32. The Hall–Kier alpha value is -2.27. The first kappa shape index (κ1) is 27.3. The first-order valence-corrected chi connectivity index (χ1v) is 14.0. The Morgan fingerprint density at radius 1 is 1.26 bits per heavy atom. The van der Waals surface area contributed by atoms with E-state index in [4.69, 9.17) is 21.1 Å². The number of fused-ring (bicyclic) bond motifs is 1. The zero-order chi connectivity index (χ0) is 27.1. The Morgan fingerprint density at radius 3 is 2.68 bits per heavy atom. The van der Waals surface area contributed by atoms with Crippen molar-refractivity contribution in [3.63, 3.8) is 0 Å². The van der Waals surface area contributed by atoms with Gasteiger partial charge in [0.15, 0.2) is 17.0 Å². The molecule has 0 bridgehead atoms. The molecule has 1 saturated carbocycles. The molecule has 38 heavy (non-hydrogen) atoms. The summed E-state index contributed by atoms with van der Waals surface area (Å²) in [6, 6.07) is 3.66. The quantitative estimate of drug-likeness (QED) is 0.152. The second-order valence-corrected chi connectivity index (χ2v) is 11.7. The van der Waals surface area contributed by atoms with Crippen LogP contribution >= 0.6 is 19.2 Å². The third-order valence-corrected chi connectivity index (χ3v) is 8.63. The van der Waals surface area contributed by atoms with Crippen molar-refractivity contribution in [1.82, 2.24) is 35.2 Å². The lowest BCUT2D eigenvalue weighted by Crippen LogP contribution is -2.43. The van der Waals surface area contributed by atoms with Crippen LogP contribution in [-0.2, 0) is 20.5 Å². The number of H-pyrrole nitrogens is 1. The third-order valence-electron chi connectivity index (χ3n) is 6.98. The Kier molecular flexibility index (Phi) is 7.70. The van der Waals surface area contributed by atoms with Crippen molar-refractivity contribution >= 4 is 30.5 Å². The molecule has 2 fully saturated rings. The van der Waals surface area contributed by atoms with Gasteiger partial charge in [0.2, 0.25) is 5.28 Å². The van der Waals surface area contributed by atoms with Crippen molar-refractivity contribution in [2.75, 3.05) is 18.5 Å². The van der Waals surface area contributed by atoms with E-state index in [1.165, 1.54) is 4.52 Å². The van der Waals surface area contributed by atoms with E-state index < -0.39 is 57.0 Å². The molecule has 3 aromatic heterocycles. The molecule has 2 aliphatic rings. The molecule has 5 atom stereocenters. The summed E-state index contributed by atoms with van der Waals surface area (Å²) in [4.78, 5) is 24.2. The molecule has 0 unspecified atom stereocenters. The van der Waals surface area contributed by atoms with Crippen LogP contribution in [0.25, 0.3) is 5.52 Å². The number of rotatable bonds is 10.